The Morgan fingerprint density at radius 2 is 1.74 bits per heavy atom. The number of hydrogen-bond donors (Lipinski definition) is 1. The first-order valence-electron chi connectivity index (χ1n) is 6.91. The minimum atomic E-state index is -0.464. The highest BCUT2D eigenvalue weighted by Crippen LogP contribution is 2.17. The topological polar surface area (TPSA) is 38.3 Å². The van der Waals surface area contributed by atoms with E-state index in [9.17, 15) is 4.79 Å². The van der Waals surface area contributed by atoms with Crippen LogP contribution in [0.4, 0.5) is 0 Å². The molecule has 0 spiro atoms. The summed E-state index contributed by atoms with van der Waals surface area (Å²) in [4.78, 5) is 11.9. The van der Waals surface area contributed by atoms with Crippen LogP contribution in [0.25, 0.3) is 0 Å². The molecule has 0 aliphatic carbocycles. The van der Waals surface area contributed by atoms with E-state index in [1.54, 1.807) is 6.92 Å². The molecular weight excluding hydrogens is 238 g/mol. The Morgan fingerprint density at radius 1 is 1.16 bits per heavy atom. The predicted molar refractivity (Wildman–Crippen MR) is 78.5 cm³/mol. The van der Waals surface area contributed by atoms with Gasteiger partial charge < -0.3 is 10.1 Å². The molecular formula is C16H25NO2. The van der Waals surface area contributed by atoms with E-state index in [1.165, 1.54) is 0 Å². The van der Waals surface area contributed by atoms with Gasteiger partial charge in [-0.15, -0.1) is 0 Å². The number of rotatable bonds is 6. The van der Waals surface area contributed by atoms with E-state index >= 15 is 0 Å². The van der Waals surface area contributed by atoms with E-state index in [2.05, 4.69) is 25.2 Å². The van der Waals surface area contributed by atoms with Crippen molar-refractivity contribution in [1.82, 2.24) is 5.32 Å². The molecule has 0 aliphatic heterocycles. The molecule has 0 radical (unpaired) electrons. The summed E-state index contributed by atoms with van der Waals surface area (Å²) in [5, 5.41) is 2.90. The van der Waals surface area contributed by atoms with Gasteiger partial charge in [-0.1, -0.05) is 19.9 Å². The molecule has 0 saturated heterocycles. The molecule has 1 rings (SSSR count). The van der Waals surface area contributed by atoms with Gasteiger partial charge in [0.05, 0.1) is 0 Å². The monoisotopic (exact) mass is 263 g/mol. The summed E-state index contributed by atoms with van der Waals surface area (Å²) in [6, 6.07) is 5.98. The van der Waals surface area contributed by atoms with E-state index in [0.29, 0.717) is 12.5 Å². The molecule has 0 fully saturated rings. The van der Waals surface area contributed by atoms with E-state index in [1.807, 2.05) is 26.0 Å². The number of nitrogens with one attached hydrogen (secondary N) is 1. The van der Waals surface area contributed by atoms with Gasteiger partial charge in [0.25, 0.3) is 5.91 Å². The van der Waals surface area contributed by atoms with Gasteiger partial charge in [-0.05, 0) is 56.4 Å². The zero-order valence-corrected chi connectivity index (χ0v) is 12.6. The summed E-state index contributed by atoms with van der Waals surface area (Å²) in [5.41, 5.74) is 2.28. The number of ether oxygens (including phenoxy) is 1. The third-order valence-corrected chi connectivity index (χ3v) is 2.90. The van der Waals surface area contributed by atoms with Crippen molar-refractivity contribution in [1.29, 1.82) is 0 Å². The van der Waals surface area contributed by atoms with Crippen LogP contribution in [-0.2, 0) is 4.79 Å². The highest BCUT2D eigenvalue weighted by Gasteiger charge is 2.14. The first-order chi connectivity index (χ1) is 8.88. The molecule has 0 heterocycles. The molecule has 1 aromatic rings. The SMILES string of the molecule is Cc1cc(C)cc(O[C@H](C)C(=O)NCCC(C)C)c1. The van der Waals surface area contributed by atoms with E-state index in [-0.39, 0.29) is 5.91 Å². The minimum absolute atomic E-state index is 0.0557. The molecule has 0 saturated carbocycles. The lowest BCUT2D eigenvalue weighted by Gasteiger charge is -2.16. The van der Waals surface area contributed by atoms with Gasteiger partial charge in [0.2, 0.25) is 0 Å². The van der Waals surface area contributed by atoms with Crippen molar-refractivity contribution in [2.45, 2.75) is 47.1 Å². The van der Waals surface area contributed by atoms with Crippen LogP contribution in [0.2, 0.25) is 0 Å². The number of hydrogen-bond acceptors (Lipinski definition) is 2. The molecule has 106 valence electrons. The quantitative estimate of drug-likeness (QED) is 0.855. The molecule has 3 heteroatoms. The molecule has 1 aromatic carbocycles. The lowest BCUT2D eigenvalue weighted by Crippen LogP contribution is -2.37. The first kappa shape index (κ1) is 15.5. The second-order valence-corrected chi connectivity index (χ2v) is 5.56. The van der Waals surface area contributed by atoms with Crippen molar-refractivity contribution in [3.05, 3.63) is 29.3 Å². The molecule has 0 aliphatic rings. The molecule has 1 atom stereocenters. The first-order valence-corrected chi connectivity index (χ1v) is 6.91. The van der Waals surface area contributed by atoms with Crippen LogP contribution >= 0.6 is 0 Å². The molecule has 1 N–H and O–H groups in total. The number of carbonyl (C=O) groups excluding carboxylic acids is 1. The number of amides is 1. The lowest BCUT2D eigenvalue weighted by molar-refractivity contribution is -0.127. The maximum atomic E-state index is 11.9. The summed E-state index contributed by atoms with van der Waals surface area (Å²) >= 11 is 0. The Labute approximate surface area is 116 Å². The van der Waals surface area contributed by atoms with Crippen LogP contribution in [0, 0.1) is 19.8 Å². The third kappa shape index (κ3) is 5.77. The Kier molecular flexibility index (Phi) is 5.87. The van der Waals surface area contributed by atoms with Gasteiger partial charge in [0, 0.05) is 6.54 Å². The van der Waals surface area contributed by atoms with Crippen LogP contribution in [-0.4, -0.2) is 18.6 Å². The van der Waals surface area contributed by atoms with Crippen LogP contribution in [0.5, 0.6) is 5.75 Å². The standard InChI is InChI=1S/C16H25NO2/c1-11(2)6-7-17-16(18)14(5)19-15-9-12(3)8-13(4)10-15/h8-11,14H,6-7H2,1-5H3,(H,17,18)/t14-/m1/s1. The van der Waals surface area contributed by atoms with Crippen molar-refractivity contribution < 1.29 is 9.53 Å². The summed E-state index contributed by atoms with van der Waals surface area (Å²) in [6.45, 7) is 10.8. The highest BCUT2D eigenvalue weighted by atomic mass is 16.5. The van der Waals surface area contributed by atoms with Crippen molar-refractivity contribution in [2.24, 2.45) is 5.92 Å². The van der Waals surface area contributed by atoms with Gasteiger partial charge in [-0.25, -0.2) is 0 Å². The Balaban J connectivity index is 2.49. The average molecular weight is 263 g/mol. The van der Waals surface area contributed by atoms with Crippen molar-refractivity contribution in [3.8, 4) is 5.75 Å². The van der Waals surface area contributed by atoms with Crippen LogP contribution in [0.15, 0.2) is 18.2 Å². The number of carbonyl (C=O) groups is 1. The lowest BCUT2D eigenvalue weighted by atomic mass is 10.1. The maximum absolute atomic E-state index is 11.9. The summed E-state index contributed by atoms with van der Waals surface area (Å²) in [7, 11) is 0. The molecule has 0 bridgehead atoms. The second-order valence-electron chi connectivity index (χ2n) is 5.56. The van der Waals surface area contributed by atoms with Gasteiger partial charge >= 0.3 is 0 Å². The van der Waals surface area contributed by atoms with E-state index in [0.717, 1.165) is 23.3 Å². The van der Waals surface area contributed by atoms with Crippen molar-refractivity contribution >= 4 is 5.91 Å². The molecule has 0 unspecified atom stereocenters. The van der Waals surface area contributed by atoms with Crippen LogP contribution in [0.1, 0.15) is 38.3 Å². The zero-order chi connectivity index (χ0) is 14.4. The number of aryl methyl sites for hydroxylation is 2. The van der Waals surface area contributed by atoms with Crippen LogP contribution < -0.4 is 10.1 Å². The zero-order valence-electron chi connectivity index (χ0n) is 12.6. The smallest absolute Gasteiger partial charge is 0.260 e. The molecule has 0 aromatic heterocycles. The van der Waals surface area contributed by atoms with Gasteiger partial charge in [-0.3, -0.25) is 4.79 Å². The highest BCUT2D eigenvalue weighted by molar-refractivity contribution is 5.80. The molecule has 1 amide bonds. The minimum Gasteiger partial charge on any atom is -0.481 e. The summed E-state index contributed by atoms with van der Waals surface area (Å²) in [6.07, 6.45) is 0.524. The summed E-state index contributed by atoms with van der Waals surface area (Å²) in [5.74, 6) is 1.29. The maximum Gasteiger partial charge on any atom is 0.260 e. The normalized spacial score (nSPS) is 12.3. The van der Waals surface area contributed by atoms with Gasteiger partial charge in [0.15, 0.2) is 6.10 Å². The fraction of sp³-hybridized carbons (Fsp3) is 0.562. The predicted octanol–water partition coefficient (Wildman–Crippen LogP) is 3.23. The van der Waals surface area contributed by atoms with Crippen molar-refractivity contribution in [3.63, 3.8) is 0 Å². The van der Waals surface area contributed by atoms with Gasteiger partial charge in [-0.2, -0.15) is 0 Å². The van der Waals surface area contributed by atoms with Crippen LogP contribution in [0.3, 0.4) is 0 Å². The summed E-state index contributed by atoms with van der Waals surface area (Å²) < 4.78 is 5.68. The molecule has 3 nitrogen and oxygen atoms in total. The third-order valence-electron chi connectivity index (χ3n) is 2.90. The largest absolute Gasteiger partial charge is 0.481 e. The number of benzene rings is 1. The van der Waals surface area contributed by atoms with E-state index < -0.39 is 6.10 Å². The Hall–Kier alpha value is -1.51. The second kappa shape index (κ2) is 7.17. The Morgan fingerprint density at radius 3 is 2.26 bits per heavy atom. The fourth-order valence-corrected chi connectivity index (χ4v) is 1.89. The average Bonchev–Trinajstić information content (AvgIpc) is 2.26. The Bertz CT molecular complexity index is 407. The molecule has 19 heavy (non-hydrogen) atoms. The van der Waals surface area contributed by atoms with E-state index in [4.69, 9.17) is 4.74 Å². The fourth-order valence-electron chi connectivity index (χ4n) is 1.89. The van der Waals surface area contributed by atoms with Crippen molar-refractivity contribution in [2.75, 3.05) is 6.54 Å². The van der Waals surface area contributed by atoms with Gasteiger partial charge in [0.1, 0.15) is 5.75 Å².